The molecule has 0 aliphatic rings. The number of rotatable bonds is 5. The summed E-state index contributed by atoms with van der Waals surface area (Å²) in [5.74, 6) is -2.10. The smallest absolute Gasteiger partial charge is 0.225 e. The summed E-state index contributed by atoms with van der Waals surface area (Å²) in [5, 5.41) is 3.39. The van der Waals surface area contributed by atoms with Crippen LogP contribution in [0.25, 0.3) is 0 Å². The molecule has 0 bridgehead atoms. The van der Waals surface area contributed by atoms with Crippen LogP contribution in [-0.2, 0) is 0 Å². The molecule has 4 aromatic carbocycles. The van der Waals surface area contributed by atoms with E-state index in [2.05, 4.69) is 5.32 Å². The largest absolute Gasteiger partial charge is 0.399 e. The van der Waals surface area contributed by atoms with E-state index in [0.29, 0.717) is 11.3 Å². The summed E-state index contributed by atoms with van der Waals surface area (Å²) in [7, 11) is 0. The van der Waals surface area contributed by atoms with Crippen molar-refractivity contribution in [3.8, 4) is 0 Å². The first-order valence-electron chi connectivity index (χ1n) is 9.83. The summed E-state index contributed by atoms with van der Waals surface area (Å²) in [6, 6.07) is 19.3. The fraction of sp³-hybridized carbons (Fsp3) is 0.120. The minimum absolute atomic E-state index is 0.276. The molecule has 0 aromatic heterocycles. The topological polar surface area (TPSA) is 72.2 Å². The second-order valence-electron chi connectivity index (χ2n) is 7.28. The van der Waals surface area contributed by atoms with Gasteiger partial charge in [0.2, 0.25) is 10.9 Å². The SMILES string of the molecule is CC(NC(c1ccc(F)cc1)c1cccc(N)c1)c1ccc(F)c(F)c1.O=c1ccc1=O. The molecule has 0 radical (unpaired) electrons. The van der Waals surface area contributed by atoms with E-state index in [-0.39, 0.29) is 28.8 Å². The van der Waals surface area contributed by atoms with E-state index >= 15 is 0 Å². The summed E-state index contributed by atoms with van der Waals surface area (Å²) in [5.41, 5.74) is 8.09. The fourth-order valence-corrected chi connectivity index (χ4v) is 3.13. The molecule has 32 heavy (non-hydrogen) atoms. The Bertz CT molecular complexity index is 1240. The highest BCUT2D eigenvalue weighted by molar-refractivity contribution is 5.44. The van der Waals surface area contributed by atoms with Crippen LogP contribution in [0.2, 0.25) is 0 Å². The Morgan fingerprint density at radius 2 is 1.34 bits per heavy atom. The lowest BCUT2D eigenvalue weighted by Crippen LogP contribution is -2.26. The molecule has 0 aliphatic carbocycles. The zero-order valence-corrected chi connectivity index (χ0v) is 17.2. The number of hydrogen-bond acceptors (Lipinski definition) is 4. The van der Waals surface area contributed by atoms with E-state index < -0.39 is 11.6 Å². The summed E-state index contributed by atoms with van der Waals surface area (Å²) in [6.07, 6.45) is 0. The van der Waals surface area contributed by atoms with Crippen molar-refractivity contribution in [3.63, 3.8) is 0 Å². The molecule has 0 saturated heterocycles. The normalized spacial score (nSPS) is 12.6. The lowest BCUT2D eigenvalue weighted by Gasteiger charge is -2.25. The van der Waals surface area contributed by atoms with Crippen LogP contribution in [0, 0.1) is 17.5 Å². The summed E-state index contributed by atoms with van der Waals surface area (Å²) < 4.78 is 40.1. The van der Waals surface area contributed by atoms with Crippen LogP contribution in [0.1, 0.15) is 35.7 Å². The maximum atomic E-state index is 13.6. The lowest BCUT2D eigenvalue weighted by atomic mass is 9.96. The molecule has 0 aliphatic heterocycles. The Morgan fingerprint density at radius 1 is 0.719 bits per heavy atom. The molecule has 0 heterocycles. The number of hydrogen-bond donors (Lipinski definition) is 2. The standard InChI is InChI=1S/C21H19F3N2.C4H2O2/c1-13(15-7-10-19(23)20(24)12-15)26-21(14-5-8-17(22)9-6-14)16-3-2-4-18(25)11-16;5-3-1-2-4(3)6/h2-13,21,26H,25H2,1H3;1-2H. The first kappa shape index (κ1) is 23.0. The van der Waals surface area contributed by atoms with Gasteiger partial charge in [-0.05, 0) is 72.1 Å². The van der Waals surface area contributed by atoms with E-state index in [1.54, 1.807) is 18.2 Å². The average Bonchev–Trinajstić information content (AvgIpc) is 2.79. The predicted molar refractivity (Wildman–Crippen MR) is 118 cm³/mol. The van der Waals surface area contributed by atoms with E-state index in [4.69, 9.17) is 5.73 Å². The van der Waals surface area contributed by atoms with E-state index in [1.807, 2.05) is 25.1 Å². The highest BCUT2D eigenvalue weighted by atomic mass is 19.2. The number of anilines is 1. The second kappa shape index (κ2) is 10.1. The maximum Gasteiger partial charge on any atom is 0.225 e. The van der Waals surface area contributed by atoms with Gasteiger partial charge in [0, 0.05) is 11.7 Å². The Morgan fingerprint density at radius 3 is 1.88 bits per heavy atom. The van der Waals surface area contributed by atoms with Gasteiger partial charge < -0.3 is 5.73 Å². The Kier molecular flexibility index (Phi) is 7.22. The average molecular weight is 438 g/mol. The molecule has 164 valence electrons. The van der Waals surface area contributed by atoms with Crippen LogP contribution in [0.5, 0.6) is 0 Å². The number of nitrogen functional groups attached to an aromatic ring is 1. The third kappa shape index (κ3) is 5.70. The fourth-order valence-electron chi connectivity index (χ4n) is 3.13. The number of halogens is 3. The summed E-state index contributed by atoms with van der Waals surface area (Å²) in [4.78, 5) is 19.6. The van der Waals surface area contributed by atoms with Crippen molar-refractivity contribution in [3.05, 3.63) is 133 Å². The summed E-state index contributed by atoms with van der Waals surface area (Å²) in [6.45, 7) is 1.86. The molecule has 3 N–H and O–H groups in total. The van der Waals surface area contributed by atoms with Gasteiger partial charge in [0.25, 0.3) is 0 Å². The van der Waals surface area contributed by atoms with Gasteiger partial charge in [-0.1, -0.05) is 30.3 Å². The minimum atomic E-state index is -0.890. The minimum Gasteiger partial charge on any atom is -0.399 e. The molecule has 0 spiro atoms. The van der Waals surface area contributed by atoms with Crippen LogP contribution in [0.4, 0.5) is 18.9 Å². The van der Waals surface area contributed by atoms with Gasteiger partial charge in [-0.3, -0.25) is 14.9 Å². The molecular formula is C25H21F3N2O2. The zero-order chi connectivity index (χ0) is 23.3. The van der Waals surface area contributed by atoms with Gasteiger partial charge in [0.15, 0.2) is 11.6 Å². The Labute approximate surface area is 182 Å². The van der Waals surface area contributed by atoms with Crippen LogP contribution in [0.15, 0.2) is 88.5 Å². The Balaban J connectivity index is 0.000000416. The van der Waals surface area contributed by atoms with Crippen molar-refractivity contribution in [2.45, 2.75) is 19.0 Å². The van der Waals surface area contributed by atoms with Gasteiger partial charge in [-0.15, -0.1) is 0 Å². The molecule has 4 aromatic rings. The number of nitrogens with two attached hydrogens (primary N) is 1. The zero-order valence-electron chi connectivity index (χ0n) is 17.2. The molecule has 0 amide bonds. The van der Waals surface area contributed by atoms with Crippen LogP contribution < -0.4 is 21.9 Å². The first-order chi connectivity index (χ1) is 15.2. The van der Waals surface area contributed by atoms with Gasteiger partial charge in [-0.2, -0.15) is 0 Å². The predicted octanol–water partition coefficient (Wildman–Crippen LogP) is 4.41. The highest BCUT2D eigenvalue weighted by Gasteiger charge is 2.19. The summed E-state index contributed by atoms with van der Waals surface area (Å²) >= 11 is 0. The molecular weight excluding hydrogens is 417 g/mol. The van der Waals surface area contributed by atoms with Crippen molar-refractivity contribution in [2.24, 2.45) is 0 Å². The van der Waals surface area contributed by atoms with Gasteiger partial charge in [0.1, 0.15) is 5.82 Å². The van der Waals surface area contributed by atoms with Crippen LogP contribution >= 0.6 is 0 Å². The second-order valence-corrected chi connectivity index (χ2v) is 7.28. The van der Waals surface area contributed by atoms with Crippen LogP contribution in [-0.4, -0.2) is 0 Å². The molecule has 2 atom stereocenters. The first-order valence-corrected chi connectivity index (χ1v) is 9.83. The molecule has 4 rings (SSSR count). The van der Waals surface area contributed by atoms with E-state index in [1.165, 1.54) is 36.4 Å². The third-order valence-electron chi connectivity index (χ3n) is 4.94. The van der Waals surface area contributed by atoms with Gasteiger partial charge in [0.05, 0.1) is 6.04 Å². The van der Waals surface area contributed by atoms with Crippen molar-refractivity contribution in [1.29, 1.82) is 0 Å². The third-order valence-corrected chi connectivity index (χ3v) is 4.94. The van der Waals surface area contributed by atoms with Crippen LogP contribution in [0.3, 0.4) is 0 Å². The number of nitrogens with one attached hydrogen (secondary N) is 1. The monoisotopic (exact) mass is 438 g/mol. The highest BCUT2D eigenvalue weighted by Crippen LogP contribution is 2.28. The van der Waals surface area contributed by atoms with Crippen molar-refractivity contribution >= 4 is 5.69 Å². The molecule has 0 fully saturated rings. The maximum absolute atomic E-state index is 13.6. The number of benzene rings is 3. The van der Waals surface area contributed by atoms with E-state index in [9.17, 15) is 22.8 Å². The Hall–Kier alpha value is -3.71. The van der Waals surface area contributed by atoms with E-state index in [0.717, 1.165) is 17.2 Å². The van der Waals surface area contributed by atoms with Crippen molar-refractivity contribution in [1.82, 2.24) is 5.32 Å². The molecule has 4 nitrogen and oxygen atoms in total. The molecule has 2 unspecified atom stereocenters. The van der Waals surface area contributed by atoms with Gasteiger partial charge in [-0.25, -0.2) is 13.2 Å². The lowest BCUT2D eigenvalue weighted by molar-refractivity contribution is 0.490. The molecule has 7 heteroatoms. The molecule has 0 saturated carbocycles. The van der Waals surface area contributed by atoms with Crippen molar-refractivity contribution in [2.75, 3.05) is 5.73 Å². The quantitative estimate of drug-likeness (QED) is 0.358. The van der Waals surface area contributed by atoms with Gasteiger partial charge >= 0.3 is 0 Å². The van der Waals surface area contributed by atoms with Crippen molar-refractivity contribution < 1.29 is 13.2 Å².